The van der Waals surface area contributed by atoms with Crippen LogP contribution in [0.3, 0.4) is 0 Å². The van der Waals surface area contributed by atoms with Gasteiger partial charge in [-0.25, -0.2) is 4.99 Å². The number of alkyl halides is 3. The van der Waals surface area contributed by atoms with Gasteiger partial charge in [0.2, 0.25) is 0 Å². The molecule has 194 valence electrons. The molecule has 7 nitrogen and oxygen atoms in total. The van der Waals surface area contributed by atoms with E-state index >= 15 is 0 Å². The summed E-state index contributed by atoms with van der Waals surface area (Å²) in [6.45, 7) is 0. The number of benzene rings is 1. The fraction of sp³-hybridized carbons (Fsp3) is 0.577. The first-order valence-corrected chi connectivity index (χ1v) is 12.5. The summed E-state index contributed by atoms with van der Waals surface area (Å²) in [6.07, 6.45) is 7.15. The van der Waals surface area contributed by atoms with Gasteiger partial charge in [0.1, 0.15) is 5.84 Å². The minimum Gasteiger partial charge on any atom is -0.386 e. The maximum Gasteiger partial charge on any atom is 0.416 e. The van der Waals surface area contributed by atoms with Crippen molar-refractivity contribution in [3.05, 3.63) is 41.6 Å². The highest BCUT2D eigenvalue weighted by Gasteiger charge is 2.46. The van der Waals surface area contributed by atoms with Gasteiger partial charge in [-0.2, -0.15) is 18.4 Å². The van der Waals surface area contributed by atoms with Crippen LogP contribution >= 0.6 is 0 Å². The Kier molecular flexibility index (Phi) is 7.59. The second kappa shape index (κ2) is 10.5. The number of carbonyl (C=O) groups is 1. The molecule has 0 aliphatic heterocycles. The topological polar surface area (TPSA) is 129 Å². The summed E-state index contributed by atoms with van der Waals surface area (Å²) < 4.78 is 38.3. The van der Waals surface area contributed by atoms with Crippen molar-refractivity contribution in [2.75, 3.05) is 0 Å². The third-order valence-electron chi connectivity index (χ3n) is 7.94. The summed E-state index contributed by atoms with van der Waals surface area (Å²) in [5.41, 5.74) is 11.2. The van der Waals surface area contributed by atoms with Crippen LogP contribution in [0.25, 0.3) is 0 Å². The Morgan fingerprint density at radius 2 is 1.78 bits per heavy atom. The quantitative estimate of drug-likeness (QED) is 0.254. The van der Waals surface area contributed by atoms with E-state index in [9.17, 15) is 23.2 Å². The van der Waals surface area contributed by atoms with Crippen LogP contribution in [-0.4, -0.2) is 29.9 Å². The molecule has 36 heavy (non-hydrogen) atoms. The van der Waals surface area contributed by atoms with Crippen LogP contribution in [-0.2, 0) is 11.0 Å². The molecule has 1 amide bonds. The molecule has 10 heteroatoms. The predicted octanol–water partition coefficient (Wildman–Crippen LogP) is 4.03. The van der Waals surface area contributed by atoms with Gasteiger partial charge in [0.25, 0.3) is 5.91 Å². The molecule has 0 heterocycles. The van der Waals surface area contributed by atoms with Crippen molar-refractivity contribution < 1.29 is 18.0 Å². The molecular weight excluding hydrogens is 469 g/mol. The zero-order valence-corrected chi connectivity index (χ0v) is 20.2. The first-order valence-electron chi connectivity index (χ1n) is 12.5. The summed E-state index contributed by atoms with van der Waals surface area (Å²) in [7, 11) is 0. The van der Waals surface area contributed by atoms with Gasteiger partial charge >= 0.3 is 6.18 Å². The van der Waals surface area contributed by atoms with Crippen LogP contribution < -0.4 is 22.1 Å². The molecule has 3 atom stereocenters. The molecule has 1 aromatic carbocycles. The highest BCUT2D eigenvalue weighted by Crippen LogP contribution is 2.53. The minimum absolute atomic E-state index is 0.0943. The lowest BCUT2D eigenvalue weighted by atomic mass is 9.64. The van der Waals surface area contributed by atoms with Crippen molar-refractivity contribution in [3.8, 4) is 6.07 Å². The number of amidine groups is 1. The lowest BCUT2D eigenvalue weighted by Gasteiger charge is -2.48. The zero-order chi connectivity index (χ0) is 25.9. The standard InChI is InChI=1S/C26H33F3N6O/c27-26(28,29)17-3-5-18(6-4-17)35-23(31)21(24(32)36)15-33-22-8-7-19(11-16(22)14-30)34-20-12-25(13-20)9-1-2-10-25/h3-6,15-16,19-20,22,33-34H,1-2,7-13H2,(H2,31,35)(H2,32,36)/b21-15+/t16?,19-,22+/m0/s1. The van der Waals surface area contributed by atoms with Gasteiger partial charge in [0.05, 0.1) is 28.8 Å². The maximum atomic E-state index is 12.8. The van der Waals surface area contributed by atoms with Gasteiger partial charge in [-0.3, -0.25) is 4.79 Å². The number of nitrogens with one attached hydrogen (secondary N) is 2. The average molecular weight is 503 g/mol. The molecule has 1 spiro atoms. The molecule has 3 fully saturated rings. The number of amides is 1. The van der Waals surface area contributed by atoms with Crippen LogP contribution in [0.2, 0.25) is 0 Å². The number of halogens is 3. The van der Waals surface area contributed by atoms with Gasteiger partial charge < -0.3 is 22.1 Å². The van der Waals surface area contributed by atoms with Crippen molar-refractivity contribution in [1.29, 1.82) is 5.26 Å². The molecule has 6 N–H and O–H groups in total. The van der Waals surface area contributed by atoms with E-state index < -0.39 is 17.6 Å². The van der Waals surface area contributed by atoms with Gasteiger partial charge in [0, 0.05) is 24.3 Å². The van der Waals surface area contributed by atoms with Gasteiger partial charge in [-0.15, -0.1) is 0 Å². The second-order valence-electron chi connectivity index (χ2n) is 10.5. The third kappa shape index (κ3) is 6.01. The van der Waals surface area contributed by atoms with Crippen LogP contribution in [0.4, 0.5) is 18.9 Å². The number of primary amides is 1. The van der Waals surface area contributed by atoms with Crippen molar-refractivity contribution in [2.45, 2.75) is 82.1 Å². The zero-order valence-electron chi connectivity index (χ0n) is 20.2. The Bertz CT molecular complexity index is 1040. The number of nitrogens with two attached hydrogens (primary N) is 2. The van der Waals surface area contributed by atoms with Crippen molar-refractivity contribution in [2.24, 2.45) is 27.8 Å². The van der Waals surface area contributed by atoms with E-state index in [0.717, 1.165) is 25.0 Å². The molecule has 1 aromatic rings. The van der Waals surface area contributed by atoms with E-state index in [2.05, 4.69) is 21.7 Å². The largest absolute Gasteiger partial charge is 0.416 e. The number of rotatable bonds is 7. The first-order chi connectivity index (χ1) is 17.1. The Morgan fingerprint density at radius 3 is 2.36 bits per heavy atom. The van der Waals surface area contributed by atoms with Crippen LogP contribution in [0.15, 0.2) is 41.0 Å². The second-order valence-corrected chi connectivity index (χ2v) is 10.5. The summed E-state index contributed by atoms with van der Waals surface area (Å²) in [6, 6.07) is 7.14. The van der Waals surface area contributed by atoms with Crippen LogP contribution in [0.5, 0.6) is 0 Å². The monoisotopic (exact) mass is 502 g/mol. The highest BCUT2D eigenvalue weighted by molar-refractivity contribution is 6.20. The highest BCUT2D eigenvalue weighted by atomic mass is 19.4. The molecule has 0 bridgehead atoms. The number of nitriles is 1. The van der Waals surface area contributed by atoms with E-state index in [1.165, 1.54) is 56.9 Å². The fourth-order valence-electron chi connectivity index (χ4n) is 6.02. The third-order valence-corrected chi connectivity index (χ3v) is 7.94. The number of carbonyl (C=O) groups excluding carboxylic acids is 1. The Hall–Kier alpha value is -3.06. The normalized spacial score (nSPS) is 26.9. The lowest BCUT2D eigenvalue weighted by molar-refractivity contribution is -0.137. The van der Waals surface area contributed by atoms with Crippen molar-refractivity contribution in [1.82, 2.24) is 10.6 Å². The van der Waals surface area contributed by atoms with E-state index in [1.807, 2.05) is 0 Å². The van der Waals surface area contributed by atoms with Crippen molar-refractivity contribution >= 4 is 17.4 Å². The summed E-state index contributed by atoms with van der Waals surface area (Å²) >= 11 is 0. The number of nitrogens with zero attached hydrogens (tertiary/aromatic N) is 2. The summed E-state index contributed by atoms with van der Waals surface area (Å²) in [5, 5.41) is 16.6. The Morgan fingerprint density at radius 1 is 1.11 bits per heavy atom. The average Bonchev–Trinajstić information content (AvgIpc) is 3.29. The predicted molar refractivity (Wildman–Crippen MR) is 131 cm³/mol. The molecule has 0 saturated heterocycles. The minimum atomic E-state index is -4.46. The Balaban J connectivity index is 1.34. The maximum absolute atomic E-state index is 12.8. The number of hydrogen-bond acceptors (Lipinski definition) is 5. The molecule has 1 unspecified atom stereocenters. The Labute approximate surface area is 209 Å². The van der Waals surface area contributed by atoms with Crippen LogP contribution in [0, 0.1) is 22.7 Å². The molecule has 0 aromatic heterocycles. The molecule has 3 aliphatic carbocycles. The molecular formula is C26H33F3N6O. The number of aliphatic imine (C=N–C) groups is 1. The van der Waals surface area contributed by atoms with Crippen molar-refractivity contribution in [3.63, 3.8) is 0 Å². The number of hydrogen-bond donors (Lipinski definition) is 4. The fourth-order valence-corrected chi connectivity index (χ4v) is 6.02. The molecule has 3 saturated carbocycles. The SMILES string of the molecule is N#CC1C[C@@H](NC2CC3(CCCC3)C2)CC[C@H]1N/C=C(/C(N)=O)C(N)=Nc1ccc(C(F)(F)F)cc1. The van der Waals surface area contributed by atoms with Crippen LogP contribution in [0.1, 0.15) is 63.4 Å². The summed E-state index contributed by atoms with van der Waals surface area (Å²) in [5.74, 6) is -1.30. The smallest absolute Gasteiger partial charge is 0.386 e. The lowest BCUT2D eigenvalue weighted by Crippen LogP contribution is -2.53. The first kappa shape index (κ1) is 26.0. The van der Waals surface area contributed by atoms with Gasteiger partial charge in [-0.05, 0) is 74.6 Å². The summed E-state index contributed by atoms with van der Waals surface area (Å²) in [4.78, 5) is 16.0. The van der Waals surface area contributed by atoms with Gasteiger partial charge in [-0.1, -0.05) is 12.8 Å². The van der Waals surface area contributed by atoms with E-state index in [1.54, 1.807) is 0 Å². The molecule has 0 radical (unpaired) electrons. The van der Waals surface area contributed by atoms with E-state index in [-0.39, 0.29) is 29.1 Å². The van der Waals surface area contributed by atoms with E-state index in [0.29, 0.717) is 23.9 Å². The molecule has 4 rings (SSSR count). The van der Waals surface area contributed by atoms with E-state index in [4.69, 9.17) is 11.5 Å². The van der Waals surface area contributed by atoms with Gasteiger partial charge in [0.15, 0.2) is 0 Å². The molecule has 3 aliphatic rings.